The number of nitriles is 1. The van der Waals surface area contributed by atoms with Crippen LogP contribution >= 0.6 is 0 Å². The van der Waals surface area contributed by atoms with Gasteiger partial charge in [0.05, 0.1) is 6.20 Å². The summed E-state index contributed by atoms with van der Waals surface area (Å²) >= 11 is 0. The molecule has 0 radical (unpaired) electrons. The predicted molar refractivity (Wildman–Crippen MR) is 50.0 cm³/mol. The van der Waals surface area contributed by atoms with Gasteiger partial charge in [0.2, 0.25) is 0 Å². The van der Waals surface area contributed by atoms with Gasteiger partial charge in [-0.2, -0.15) is 10.2 Å². The van der Waals surface area contributed by atoms with E-state index in [1.165, 1.54) is 0 Å². The SMILES string of the molecule is CCN(C(=O)O)n1cnc(=O)c(C#N)c1. The van der Waals surface area contributed by atoms with Gasteiger partial charge in [0.25, 0.3) is 5.56 Å². The van der Waals surface area contributed by atoms with Crippen molar-refractivity contribution in [1.29, 1.82) is 5.26 Å². The minimum Gasteiger partial charge on any atom is -0.464 e. The van der Waals surface area contributed by atoms with Gasteiger partial charge in [-0.3, -0.25) is 4.79 Å². The molecule has 1 aromatic heterocycles. The number of carbonyl (C=O) groups is 1. The van der Waals surface area contributed by atoms with E-state index >= 15 is 0 Å². The van der Waals surface area contributed by atoms with E-state index in [4.69, 9.17) is 10.4 Å². The molecule has 7 nitrogen and oxygen atoms in total. The fourth-order valence-electron chi connectivity index (χ4n) is 1.01. The average molecular weight is 208 g/mol. The van der Waals surface area contributed by atoms with Crippen molar-refractivity contribution in [1.82, 2.24) is 9.66 Å². The third kappa shape index (κ3) is 2.11. The Balaban J connectivity index is 3.22. The smallest absolute Gasteiger partial charge is 0.426 e. The van der Waals surface area contributed by atoms with E-state index < -0.39 is 11.7 Å². The summed E-state index contributed by atoms with van der Waals surface area (Å²) in [4.78, 5) is 25.1. The molecule has 0 aliphatic rings. The molecule has 1 N–H and O–H groups in total. The lowest BCUT2D eigenvalue weighted by atomic mass is 10.4. The lowest BCUT2D eigenvalue weighted by Crippen LogP contribution is -2.40. The second-order valence-electron chi connectivity index (χ2n) is 2.58. The standard InChI is InChI=1S/C8H8N4O3/c1-2-12(8(14)15)11-4-6(3-9)7(13)10-5-11/h4-5H,2H2,1H3,(H,14,15). The van der Waals surface area contributed by atoms with Gasteiger partial charge in [-0.15, -0.1) is 0 Å². The van der Waals surface area contributed by atoms with Crippen molar-refractivity contribution in [2.24, 2.45) is 0 Å². The summed E-state index contributed by atoms with van der Waals surface area (Å²) in [5.74, 6) is 0. The largest absolute Gasteiger partial charge is 0.464 e. The van der Waals surface area contributed by atoms with Crippen molar-refractivity contribution in [3.63, 3.8) is 0 Å². The van der Waals surface area contributed by atoms with Crippen LogP contribution in [0.2, 0.25) is 0 Å². The van der Waals surface area contributed by atoms with Gasteiger partial charge >= 0.3 is 6.09 Å². The summed E-state index contributed by atoms with van der Waals surface area (Å²) in [6, 6.07) is 1.64. The van der Waals surface area contributed by atoms with Gasteiger partial charge in [-0.25, -0.2) is 14.5 Å². The summed E-state index contributed by atoms with van der Waals surface area (Å²) in [6.07, 6.45) is 1.00. The zero-order valence-corrected chi connectivity index (χ0v) is 7.91. The Morgan fingerprint density at radius 3 is 2.93 bits per heavy atom. The van der Waals surface area contributed by atoms with Crippen LogP contribution in [0.1, 0.15) is 12.5 Å². The Labute approximate surface area is 84.8 Å². The Morgan fingerprint density at radius 2 is 2.47 bits per heavy atom. The molecule has 1 aromatic rings. The highest BCUT2D eigenvalue weighted by atomic mass is 16.4. The van der Waals surface area contributed by atoms with Crippen molar-refractivity contribution in [2.45, 2.75) is 6.92 Å². The molecule has 15 heavy (non-hydrogen) atoms. The number of hydrogen-bond donors (Lipinski definition) is 1. The first-order valence-electron chi connectivity index (χ1n) is 4.09. The van der Waals surface area contributed by atoms with E-state index in [1.807, 2.05) is 0 Å². The minimum absolute atomic E-state index is 0.185. The van der Waals surface area contributed by atoms with E-state index in [0.29, 0.717) is 0 Å². The van der Waals surface area contributed by atoms with Crippen LogP contribution in [-0.4, -0.2) is 27.4 Å². The van der Waals surface area contributed by atoms with Crippen LogP contribution in [0.3, 0.4) is 0 Å². The summed E-state index contributed by atoms with van der Waals surface area (Å²) < 4.78 is 1.09. The molecule has 1 amide bonds. The summed E-state index contributed by atoms with van der Waals surface area (Å²) in [5, 5.41) is 18.3. The predicted octanol–water partition coefficient (Wildman–Crippen LogP) is -0.249. The lowest BCUT2D eigenvalue weighted by Gasteiger charge is -2.18. The Kier molecular flexibility index (Phi) is 3.03. The van der Waals surface area contributed by atoms with Crippen LogP contribution in [0.5, 0.6) is 0 Å². The van der Waals surface area contributed by atoms with Crippen molar-refractivity contribution in [3.8, 4) is 6.07 Å². The topological polar surface area (TPSA) is 99.2 Å². The van der Waals surface area contributed by atoms with E-state index in [9.17, 15) is 9.59 Å². The van der Waals surface area contributed by atoms with Crippen LogP contribution in [0.15, 0.2) is 17.3 Å². The Bertz CT molecular complexity index is 474. The van der Waals surface area contributed by atoms with Crippen LogP contribution in [0, 0.1) is 11.3 Å². The molecule has 0 saturated carbocycles. The van der Waals surface area contributed by atoms with Gasteiger partial charge in [0.15, 0.2) is 0 Å². The number of rotatable bonds is 2. The molecule has 0 atom stereocenters. The first-order valence-corrected chi connectivity index (χ1v) is 4.09. The number of carboxylic acid groups (broad SMARTS) is 1. The average Bonchev–Trinajstić information content (AvgIpc) is 2.21. The van der Waals surface area contributed by atoms with Gasteiger partial charge in [0, 0.05) is 6.54 Å². The molecule has 1 rings (SSSR count). The van der Waals surface area contributed by atoms with E-state index in [-0.39, 0.29) is 12.1 Å². The number of hydrogen-bond acceptors (Lipinski definition) is 4. The van der Waals surface area contributed by atoms with Gasteiger partial charge < -0.3 is 5.11 Å². The maximum atomic E-state index is 11.0. The molecule has 0 aliphatic heterocycles. The maximum absolute atomic E-state index is 11.0. The highest BCUT2D eigenvalue weighted by Gasteiger charge is 2.11. The van der Waals surface area contributed by atoms with E-state index in [2.05, 4.69) is 4.98 Å². The van der Waals surface area contributed by atoms with Crippen LogP contribution in [-0.2, 0) is 0 Å². The normalized spacial score (nSPS) is 9.33. The molecule has 0 aromatic carbocycles. The fourth-order valence-corrected chi connectivity index (χ4v) is 1.01. The fraction of sp³-hybridized carbons (Fsp3) is 0.250. The Hall–Kier alpha value is -2.36. The summed E-state index contributed by atoms with van der Waals surface area (Å²) in [5.41, 5.74) is -0.868. The van der Waals surface area contributed by atoms with Gasteiger partial charge in [0.1, 0.15) is 18.0 Å². The van der Waals surface area contributed by atoms with Crippen molar-refractivity contribution in [2.75, 3.05) is 11.6 Å². The molecule has 0 spiro atoms. The van der Waals surface area contributed by atoms with E-state index in [0.717, 1.165) is 22.2 Å². The van der Waals surface area contributed by atoms with Gasteiger partial charge in [-0.05, 0) is 6.92 Å². The molecule has 0 bridgehead atoms. The minimum atomic E-state index is -1.19. The maximum Gasteiger partial charge on any atom is 0.426 e. The van der Waals surface area contributed by atoms with Crippen LogP contribution in [0.25, 0.3) is 0 Å². The first kappa shape index (κ1) is 10.7. The molecule has 78 valence electrons. The molecular formula is C8H8N4O3. The van der Waals surface area contributed by atoms with Crippen LogP contribution < -0.4 is 10.6 Å². The monoisotopic (exact) mass is 208 g/mol. The van der Waals surface area contributed by atoms with Gasteiger partial charge in [-0.1, -0.05) is 0 Å². The molecule has 0 saturated heterocycles. The quantitative estimate of drug-likeness (QED) is 0.722. The molecule has 0 aliphatic carbocycles. The van der Waals surface area contributed by atoms with Crippen molar-refractivity contribution < 1.29 is 9.90 Å². The second-order valence-corrected chi connectivity index (χ2v) is 2.58. The summed E-state index contributed by atoms with van der Waals surface area (Å²) in [7, 11) is 0. The summed E-state index contributed by atoms with van der Waals surface area (Å²) in [6.45, 7) is 1.81. The van der Waals surface area contributed by atoms with E-state index in [1.54, 1.807) is 13.0 Å². The lowest BCUT2D eigenvalue weighted by molar-refractivity contribution is 0.195. The highest BCUT2D eigenvalue weighted by Crippen LogP contribution is 1.92. The highest BCUT2D eigenvalue weighted by molar-refractivity contribution is 5.76. The third-order valence-corrected chi connectivity index (χ3v) is 1.70. The first-order chi connectivity index (χ1) is 7.10. The molecule has 1 heterocycles. The number of aromatic nitrogens is 2. The third-order valence-electron chi connectivity index (χ3n) is 1.70. The molecule has 0 fully saturated rings. The van der Waals surface area contributed by atoms with Crippen LogP contribution in [0.4, 0.5) is 4.79 Å². The Morgan fingerprint density at radius 1 is 1.80 bits per heavy atom. The van der Waals surface area contributed by atoms with Crippen molar-refractivity contribution in [3.05, 3.63) is 28.4 Å². The van der Waals surface area contributed by atoms with Crippen molar-refractivity contribution >= 4 is 6.09 Å². The molecule has 7 heteroatoms. The molecular weight excluding hydrogens is 200 g/mol. The second kappa shape index (κ2) is 4.23. The number of amides is 1. The zero-order chi connectivity index (χ0) is 11.4. The zero-order valence-electron chi connectivity index (χ0n) is 7.91. The number of nitrogens with zero attached hydrogens (tertiary/aromatic N) is 4. The molecule has 0 unspecified atom stereocenters.